The fraction of sp³-hybridized carbons (Fsp3) is 0.167. The lowest BCUT2D eigenvalue weighted by Crippen LogP contribution is -2.28. The van der Waals surface area contributed by atoms with Gasteiger partial charge in [-0.2, -0.15) is 21.6 Å². The quantitative estimate of drug-likeness (QED) is 0.490. The SMILES string of the molecule is Cc1cncnc1-c1cc(F)ccc1OS(=O)(=O)C(F)(F)F. The summed E-state index contributed by atoms with van der Waals surface area (Å²) < 4.78 is 76.8. The maximum atomic E-state index is 13.4. The molecule has 1 aromatic heterocycles. The summed E-state index contributed by atoms with van der Waals surface area (Å²) in [6.45, 7) is 1.53. The highest BCUT2D eigenvalue weighted by atomic mass is 32.2. The highest BCUT2D eigenvalue weighted by molar-refractivity contribution is 7.88. The van der Waals surface area contributed by atoms with Crippen molar-refractivity contribution in [3.63, 3.8) is 0 Å². The van der Waals surface area contributed by atoms with E-state index in [0.29, 0.717) is 5.56 Å². The van der Waals surface area contributed by atoms with Crippen molar-refractivity contribution in [1.29, 1.82) is 0 Å². The summed E-state index contributed by atoms with van der Waals surface area (Å²) in [5.74, 6) is -1.47. The zero-order valence-corrected chi connectivity index (χ0v) is 11.7. The van der Waals surface area contributed by atoms with Crippen molar-refractivity contribution in [2.45, 2.75) is 12.4 Å². The molecule has 0 saturated heterocycles. The van der Waals surface area contributed by atoms with Gasteiger partial charge in [-0.25, -0.2) is 14.4 Å². The fourth-order valence-electron chi connectivity index (χ4n) is 1.61. The number of aryl methyl sites for hydroxylation is 1. The van der Waals surface area contributed by atoms with Crippen LogP contribution in [-0.2, 0) is 10.1 Å². The molecule has 0 N–H and O–H groups in total. The second-order valence-corrected chi connectivity index (χ2v) is 5.72. The Balaban J connectivity index is 2.58. The minimum Gasteiger partial charge on any atom is -0.375 e. The monoisotopic (exact) mass is 336 g/mol. The predicted octanol–water partition coefficient (Wildman–Crippen LogP) is 2.82. The van der Waals surface area contributed by atoms with Gasteiger partial charge < -0.3 is 4.18 Å². The fourth-order valence-corrected chi connectivity index (χ4v) is 2.08. The molecule has 2 rings (SSSR count). The van der Waals surface area contributed by atoms with Gasteiger partial charge in [-0.3, -0.25) is 0 Å². The summed E-state index contributed by atoms with van der Waals surface area (Å²) >= 11 is 0. The lowest BCUT2D eigenvalue weighted by molar-refractivity contribution is -0.0499. The highest BCUT2D eigenvalue weighted by Gasteiger charge is 2.48. The van der Waals surface area contributed by atoms with E-state index in [0.717, 1.165) is 24.5 Å². The molecule has 0 unspecified atom stereocenters. The van der Waals surface area contributed by atoms with Crippen molar-refractivity contribution in [2.24, 2.45) is 0 Å². The maximum Gasteiger partial charge on any atom is 0.534 e. The van der Waals surface area contributed by atoms with E-state index in [-0.39, 0.29) is 11.3 Å². The summed E-state index contributed by atoms with van der Waals surface area (Å²) in [4.78, 5) is 7.50. The molecule has 0 bridgehead atoms. The Bertz CT molecular complexity index is 806. The lowest BCUT2D eigenvalue weighted by atomic mass is 10.1. The molecule has 1 aromatic carbocycles. The molecule has 10 heteroatoms. The molecule has 1 heterocycles. The zero-order chi connectivity index (χ0) is 16.5. The minimum atomic E-state index is -5.87. The second kappa shape index (κ2) is 5.52. The largest absolute Gasteiger partial charge is 0.534 e. The van der Waals surface area contributed by atoms with E-state index in [1.165, 1.54) is 13.1 Å². The molecule has 0 atom stereocenters. The van der Waals surface area contributed by atoms with Crippen LogP contribution in [0.1, 0.15) is 5.56 Å². The average Bonchev–Trinajstić information content (AvgIpc) is 2.40. The topological polar surface area (TPSA) is 69.2 Å². The number of aromatic nitrogens is 2. The van der Waals surface area contributed by atoms with E-state index in [2.05, 4.69) is 14.2 Å². The van der Waals surface area contributed by atoms with Crippen molar-refractivity contribution in [3.05, 3.63) is 42.1 Å². The normalized spacial score (nSPS) is 12.2. The lowest BCUT2D eigenvalue weighted by Gasteiger charge is -2.13. The van der Waals surface area contributed by atoms with Crippen molar-refractivity contribution in [2.75, 3.05) is 0 Å². The summed E-state index contributed by atoms with van der Waals surface area (Å²) in [7, 11) is -5.87. The highest BCUT2D eigenvalue weighted by Crippen LogP contribution is 2.35. The Hall–Kier alpha value is -2.23. The minimum absolute atomic E-state index is 0.0573. The molecule has 5 nitrogen and oxygen atoms in total. The Morgan fingerprint density at radius 2 is 1.91 bits per heavy atom. The van der Waals surface area contributed by atoms with Crippen LogP contribution in [0, 0.1) is 12.7 Å². The molecule has 0 radical (unpaired) electrons. The van der Waals surface area contributed by atoms with Gasteiger partial charge in [0.05, 0.1) is 5.69 Å². The third-order valence-corrected chi connectivity index (χ3v) is 3.54. The molecular formula is C12H8F4N2O3S. The molecule has 2 aromatic rings. The van der Waals surface area contributed by atoms with Crippen LogP contribution in [0.5, 0.6) is 5.75 Å². The Morgan fingerprint density at radius 1 is 1.23 bits per heavy atom. The Morgan fingerprint density at radius 3 is 2.50 bits per heavy atom. The number of hydrogen-bond donors (Lipinski definition) is 0. The number of rotatable bonds is 3. The number of halogens is 4. The average molecular weight is 336 g/mol. The van der Waals surface area contributed by atoms with Crippen LogP contribution in [0.3, 0.4) is 0 Å². The molecule has 0 spiro atoms. The van der Waals surface area contributed by atoms with Crippen LogP contribution in [-0.4, -0.2) is 23.9 Å². The van der Waals surface area contributed by atoms with Crippen molar-refractivity contribution in [1.82, 2.24) is 9.97 Å². The number of nitrogens with zero attached hydrogens (tertiary/aromatic N) is 2. The molecule has 0 saturated carbocycles. The number of benzene rings is 1. The van der Waals surface area contributed by atoms with Gasteiger partial charge in [-0.1, -0.05) is 0 Å². The molecule has 0 amide bonds. The van der Waals surface area contributed by atoms with Crippen LogP contribution >= 0.6 is 0 Å². The smallest absolute Gasteiger partial charge is 0.375 e. The zero-order valence-electron chi connectivity index (χ0n) is 10.9. The molecule has 0 aliphatic rings. The third kappa shape index (κ3) is 3.16. The van der Waals surface area contributed by atoms with Crippen LogP contribution in [0.15, 0.2) is 30.7 Å². The van der Waals surface area contributed by atoms with Gasteiger partial charge in [0.2, 0.25) is 0 Å². The number of alkyl halides is 3. The second-order valence-electron chi connectivity index (χ2n) is 4.18. The van der Waals surface area contributed by atoms with Crippen molar-refractivity contribution in [3.8, 4) is 17.0 Å². The van der Waals surface area contributed by atoms with Crippen LogP contribution in [0.25, 0.3) is 11.3 Å². The van der Waals surface area contributed by atoms with Crippen LogP contribution in [0.4, 0.5) is 17.6 Å². The molecule has 22 heavy (non-hydrogen) atoms. The molecule has 0 aliphatic heterocycles. The first kappa shape index (κ1) is 16.1. The van der Waals surface area contributed by atoms with Crippen molar-refractivity contribution < 1.29 is 30.2 Å². The van der Waals surface area contributed by atoms with E-state index in [4.69, 9.17) is 0 Å². The van der Waals surface area contributed by atoms with Crippen LogP contribution in [0.2, 0.25) is 0 Å². The number of hydrogen-bond acceptors (Lipinski definition) is 5. The van der Waals surface area contributed by atoms with E-state index in [9.17, 15) is 26.0 Å². The molecule has 0 aliphatic carbocycles. The molecule has 0 fully saturated rings. The predicted molar refractivity (Wildman–Crippen MR) is 67.8 cm³/mol. The van der Waals surface area contributed by atoms with Gasteiger partial charge in [-0.15, -0.1) is 0 Å². The first-order valence-electron chi connectivity index (χ1n) is 5.69. The van der Waals surface area contributed by atoms with Gasteiger partial charge in [0.1, 0.15) is 12.1 Å². The molecule has 118 valence electrons. The van der Waals surface area contributed by atoms with Gasteiger partial charge in [-0.05, 0) is 30.7 Å². The van der Waals surface area contributed by atoms with E-state index < -0.39 is 27.2 Å². The first-order valence-corrected chi connectivity index (χ1v) is 7.10. The van der Waals surface area contributed by atoms with E-state index in [1.54, 1.807) is 0 Å². The molecular weight excluding hydrogens is 328 g/mol. The summed E-state index contributed by atoms with van der Waals surface area (Å²) in [6.07, 6.45) is 2.44. The standard InChI is InChI=1S/C12H8F4N2O3S/c1-7-5-17-6-18-11(7)9-4-8(13)2-3-10(9)21-22(19,20)12(14,15)16/h2-6H,1H3. The summed E-state index contributed by atoms with van der Waals surface area (Å²) in [5, 5.41) is 0. The van der Waals surface area contributed by atoms with E-state index >= 15 is 0 Å². The Labute approximate surface area is 122 Å². The van der Waals surface area contributed by atoms with Gasteiger partial charge in [0.25, 0.3) is 0 Å². The van der Waals surface area contributed by atoms with Crippen LogP contribution < -0.4 is 4.18 Å². The van der Waals surface area contributed by atoms with Gasteiger partial charge in [0.15, 0.2) is 5.75 Å². The first-order chi connectivity index (χ1) is 10.1. The van der Waals surface area contributed by atoms with Gasteiger partial charge in [0, 0.05) is 11.8 Å². The van der Waals surface area contributed by atoms with E-state index in [1.807, 2.05) is 0 Å². The summed E-state index contributed by atoms with van der Waals surface area (Å²) in [6, 6.07) is 2.40. The maximum absolute atomic E-state index is 13.4. The van der Waals surface area contributed by atoms with Gasteiger partial charge >= 0.3 is 15.6 Å². The summed E-state index contributed by atoms with van der Waals surface area (Å²) in [5.41, 5.74) is -5.36. The third-order valence-electron chi connectivity index (χ3n) is 2.57. The van der Waals surface area contributed by atoms with Crippen molar-refractivity contribution >= 4 is 10.1 Å². The Kier molecular flexibility index (Phi) is 4.05.